The smallest absolute Gasteiger partial charge is 0.325 e. The first-order chi connectivity index (χ1) is 13.7. The first kappa shape index (κ1) is 25.5. The molecular formula is C24H34O6. The van der Waals surface area contributed by atoms with E-state index < -0.39 is 29.1 Å². The Labute approximate surface area is 179 Å². The molecule has 0 radical (unpaired) electrons. The highest BCUT2D eigenvalue weighted by atomic mass is 16.6. The molecule has 0 unspecified atom stereocenters. The van der Waals surface area contributed by atoms with Gasteiger partial charge < -0.3 is 14.3 Å². The highest BCUT2D eigenvalue weighted by molar-refractivity contribution is 6.01. The van der Waals surface area contributed by atoms with Gasteiger partial charge in [-0.1, -0.05) is 24.3 Å². The molecule has 0 aliphatic carbocycles. The lowest BCUT2D eigenvalue weighted by atomic mass is 9.95. The lowest BCUT2D eigenvalue weighted by Crippen LogP contribution is -2.35. The van der Waals surface area contributed by atoms with E-state index in [1.807, 2.05) is 0 Å². The zero-order valence-electron chi connectivity index (χ0n) is 19.2. The minimum atomic E-state index is -1.20. The SMILES string of the molecule is CC(=O)CCCC(=O)Cc1ccc(C(C(=O)OC(C)(C)C)C(=O)OC(C)(C)C)cc1. The Morgan fingerprint density at radius 3 is 1.67 bits per heavy atom. The highest BCUT2D eigenvalue weighted by Crippen LogP contribution is 2.25. The van der Waals surface area contributed by atoms with E-state index >= 15 is 0 Å². The molecule has 0 aliphatic rings. The third-order valence-electron chi connectivity index (χ3n) is 3.98. The van der Waals surface area contributed by atoms with Crippen LogP contribution in [0.1, 0.15) is 84.8 Å². The average molecular weight is 419 g/mol. The number of ether oxygens (including phenoxy) is 2. The molecule has 0 spiro atoms. The largest absolute Gasteiger partial charge is 0.459 e. The van der Waals surface area contributed by atoms with Gasteiger partial charge in [-0.3, -0.25) is 14.4 Å². The number of carbonyl (C=O) groups excluding carboxylic acids is 4. The van der Waals surface area contributed by atoms with Crippen molar-refractivity contribution in [3.8, 4) is 0 Å². The number of benzene rings is 1. The third-order valence-corrected chi connectivity index (χ3v) is 3.98. The second-order valence-electron chi connectivity index (χ2n) is 9.51. The third kappa shape index (κ3) is 9.81. The maximum absolute atomic E-state index is 12.7. The van der Waals surface area contributed by atoms with Crippen LogP contribution in [0.4, 0.5) is 0 Å². The van der Waals surface area contributed by atoms with E-state index in [4.69, 9.17) is 9.47 Å². The van der Waals surface area contributed by atoms with Crippen LogP contribution in [0.3, 0.4) is 0 Å². The molecule has 0 aliphatic heterocycles. The van der Waals surface area contributed by atoms with Gasteiger partial charge in [0.1, 0.15) is 22.8 Å². The van der Waals surface area contributed by atoms with E-state index in [-0.39, 0.29) is 18.0 Å². The molecule has 1 aromatic carbocycles. The van der Waals surface area contributed by atoms with E-state index in [9.17, 15) is 19.2 Å². The molecule has 0 fully saturated rings. The fourth-order valence-electron chi connectivity index (χ4n) is 2.77. The minimum Gasteiger partial charge on any atom is -0.459 e. The highest BCUT2D eigenvalue weighted by Gasteiger charge is 2.36. The number of rotatable bonds is 9. The second-order valence-corrected chi connectivity index (χ2v) is 9.51. The van der Waals surface area contributed by atoms with Crippen molar-refractivity contribution < 1.29 is 28.7 Å². The van der Waals surface area contributed by atoms with Crippen LogP contribution in [0.2, 0.25) is 0 Å². The molecule has 0 atom stereocenters. The van der Waals surface area contributed by atoms with Gasteiger partial charge in [0.05, 0.1) is 0 Å². The predicted octanol–water partition coefficient (Wildman–Crippen LogP) is 4.32. The van der Waals surface area contributed by atoms with E-state index in [1.54, 1.807) is 65.8 Å². The van der Waals surface area contributed by atoms with Gasteiger partial charge in [-0.25, -0.2) is 0 Å². The van der Waals surface area contributed by atoms with E-state index in [0.29, 0.717) is 24.8 Å². The summed E-state index contributed by atoms with van der Waals surface area (Å²) in [6, 6.07) is 6.74. The lowest BCUT2D eigenvalue weighted by molar-refractivity contribution is -0.169. The van der Waals surface area contributed by atoms with Crippen molar-refractivity contribution in [2.45, 2.75) is 91.3 Å². The van der Waals surface area contributed by atoms with Gasteiger partial charge in [0.15, 0.2) is 5.92 Å². The molecule has 0 heterocycles. The summed E-state index contributed by atoms with van der Waals surface area (Å²) in [5.74, 6) is -2.44. The summed E-state index contributed by atoms with van der Waals surface area (Å²) in [5.41, 5.74) is -0.266. The van der Waals surface area contributed by atoms with Gasteiger partial charge >= 0.3 is 11.9 Å². The van der Waals surface area contributed by atoms with Gasteiger partial charge in [-0.2, -0.15) is 0 Å². The molecule has 1 aromatic rings. The maximum atomic E-state index is 12.7. The summed E-state index contributed by atoms with van der Waals surface area (Å²) in [5, 5.41) is 0. The topological polar surface area (TPSA) is 86.7 Å². The van der Waals surface area contributed by atoms with Crippen molar-refractivity contribution in [1.82, 2.24) is 0 Å². The number of Topliss-reactive ketones (excluding diaryl/α,β-unsaturated/α-hetero) is 2. The Kier molecular flexibility index (Phi) is 8.94. The molecule has 166 valence electrons. The van der Waals surface area contributed by atoms with Gasteiger partial charge in [-0.05, 0) is 66.0 Å². The van der Waals surface area contributed by atoms with Crippen LogP contribution in [0.5, 0.6) is 0 Å². The molecule has 0 amide bonds. The molecule has 1 rings (SSSR count). The van der Waals surface area contributed by atoms with E-state index in [2.05, 4.69) is 0 Å². The Morgan fingerprint density at radius 2 is 1.27 bits per heavy atom. The van der Waals surface area contributed by atoms with Crippen molar-refractivity contribution in [3.63, 3.8) is 0 Å². The molecule has 6 heteroatoms. The minimum absolute atomic E-state index is 0.0415. The van der Waals surface area contributed by atoms with Gasteiger partial charge in [0, 0.05) is 19.3 Å². The monoisotopic (exact) mass is 418 g/mol. The zero-order chi connectivity index (χ0) is 23.1. The van der Waals surface area contributed by atoms with E-state index in [0.717, 1.165) is 5.56 Å². The number of carbonyl (C=O) groups is 4. The molecule has 30 heavy (non-hydrogen) atoms. The Hall–Kier alpha value is -2.50. The van der Waals surface area contributed by atoms with Gasteiger partial charge in [-0.15, -0.1) is 0 Å². The van der Waals surface area contributed by atoms with Crippen molar-refractivity contribution in [1.29, 1.82) is 0 Å². The van der Waals surface area contributed by atoms with Gasteiger partial charge in [0.2, 0.25) is 0 Å². The summed E-state index contributed by atoms with van der Waals surface area (Å²) < 4.78 is 10.9. The van der Waals surface area contributed by atoms with Crippen LogP contribution in [0.25, 0.3) is 0 Å². The molecule has 0 bridgehead atoms. The number of hydrogen-bond donors (Lipinski definition) is 0. The Bertz CT molecular complexity index is 734. The zero-order valence-corrected chi connectivity index (χ0v) is 19.2. The molecule has 0 saturated carbocycles. The normalized spacial score (nSPS) is 11.9. The number of esters is 2. The maximum Gasteiger partial charge on any atom is 0.325 e. The fourth-order valence-corrected chi connectivity index (χ4v) is 2.77. The quantitative estimate of drug-likeness (QED) is 0.438. The van der Waals surface area contributed by atoms with Crippen LogP contribution >= 0.6 is 0 Å². The van der Waals surface area contributed by atoms with Crippen LogP contribution in [-0.2, 0) is 35.1 Å². The first-order valence-corrected chi connectivity index (χ1v) is 10.2. The average Bonchev–Trinajstić information content (AvgIpc) is 2.52. The second kappa shape index (κ2) is 10.5. The summed E-state index contributed by atoms with van der Waals surface area (Å²) >= 11 is 0. The van der Waals surface area contributed by atoms with Crippen molar-refractivity contribution >= 4 is 23.5 Å². The molecule has 0 N–H and O–H groups in total. The summed E-state index contributed by atoms with van der Waals surface area (Å²) in [7, 11) is 0. The van der Waals surface area contributed by atoms with Gasteiger partial charge in [0.25, 0.3) is 0 Å². The van der Waals surface area contributed by atoms with Crippen LogP contribution in [0, 0.1) is 0 Å². The van der Waals surface area contributed by atoms with Crippen LogP contribution < -0.4 is 0 Å². The van der Waals surface area contributed by atoms with E-state index in [1.165, 1.54) is 6.92 Å². The summed E-state index contributed by atoms with van der Waals surface area (Å²) in [4.78, 5) is 48.5. The molecular weight excluding hydrogens is 384 g/mol. The lowest BCUT2D eigenvalue weighted by Gasteiger charge is -2.26. The summed E-state index contributed by atoms with van der Waals surface area (Å²) in [6.45, 7) is 11.9. The van der Waals surface area contributed by atoms with Crippen molar-refractivity contribution in [2.24, 2.45) is 0 Å². The molecule has 0 saturated heterocycles. The Morgan fingerprint density at radius 1 is 0.800 bits per heavy atom. The fraction of sp³-hybridized carbons (Fsp3) is 0.583. The number of ketones is 2. The Balaban J connectivity index is 2.97. The standard InChI is InChI=1S/C24H34O6/c1-16(25)9-8-10-19(26)15-17-11-13-18(14-12-17)20(21(27)29-23(2,3)4)22(28)30-24(5,6)7/h11-14,20H,8-10,15H2,1-7H3. The molecule has 0 aromatic heterocycles. The van der Waals surface area contributed by atoms with Crippen molar-refractivity contribution in [3.05, 3.63) is 35.4 Å². The van der Waals surface area contributed by atoms with Crippen molar-refractivity contribution in [2.75, 3.05) is 0 Å². The summed E-state index contributed by atoms with van der Waals surface area (Å²) in [6.07, 6.45) is 1.53. The predicted molar refractivity (Wildman–Crippen MR) is 114 cm³/mol. The van der Waals surface area contributed by atoms with Crippen LogP contribution in [-0.4, -0.2) is 34.7 Å². The van der Waals surface area contributed by atoms with Crippen LogP contribution in [0.15, 0.2) is 24.3 Å². The molecule has 6 nitrogen and oxygen atoms in total. The first-order valence-electron chi connectivity index (χ1n) is 10.2. The number of hydrogen-bond acceptors (Lipinski definition) is 6.